The fraction of sp³-hybridized carbons (Fsp3) is 0.333. The van der Waals surface area contributed by atoms with Crippen molar-refractivity contribution in [3.63, 3.8) is 0 Å². The van der Waals surface area contributed by atoms with Crippen LogP contribution in [0.2, 0.25) is 0 Å². The van der Waals surface area contributed by atoms with Crippen LogP contribution >= 0.6 is 11.3 Å². The summed E-state index contributed by atoms with van der Waals surface area (Å²) < 4.78 is 1.88. The summed E-state index contributed by atoms with van der Waals surface area (Å²) in [5.74, 6) is 2.35. The van der Waals surface area contributed by atoms with Gasteiger partial charge in [-0.25, -0.2) is 9.97 Å². The van der Waals surface area contributed by atoms with E-state index in [1.807, 2.05) is 34.9 Å². The number of hydrogen-bond acceptors (Lipinski definition) is 5. The number of pyridine rings is 1. The smallest absolute Gasteiger partial charge is 0.183 e. The predicted octanol–water partition coefficient (Wildman–Crippen LogP) is 3.83. The van der Waals surface area contributed by atoms with Crippen molar-refractivity contribution in [3.05, 3.63) is 40.8 Å². The maximum Gasteiger partial charge on any atom is 0.183 e. The van der Waals surface area contributed by atoms with Gasteiger partial charge in [-0.3, -0.25) is 4.98 Å². The molecule has 120 valence electrons. The van der Waals surface area contributed by atoms with Crippen LogP contribution in [0.1, 0.15) is 29.6 Å². The highest BCUT2D eigenvalue weighted by Gasteiger charge is 2.24. The van der Waals surface area contributed by atoms with Gasteiger partial charge in [0.15, 0.2) is 11.5 Å². The van der Waals surface area contributed by atoms with Crippen LogP contribution in [0, 0.1) is 12.8 Å². The van der Waals surface area contributed by atoms with Crippen LogP contribution in [-0.4, -0.2) is 24.6 Å². The molecule has 24 heavy (non-hydrogen) atoms. The first-order valence-corrected chi connectivity index (χ1v) is 9.10. The van der Waals surface area contributed by atoms with Gasteiger partial charge in [0.25, 0.3) is 0 Å². The van der Waals surface area contributed by atoms with Crippen LogP contribution in [0.3, 0.4) is 0 Å². The number of fused-ring (bicyclic) bond motifs is 5. The number of aromatic nitrogens is 5. The van der Waals surface area contributed by atoms with Crippen molar-refractivity contribution in [2.45, 2.75) is 33.1 Å². The van der Waals surface area contributed by atoms with Gasteiger partial charge in [-0.2, -0.15) is 4.52 Å². The van der Waals surface area contributed by atoms with E-state index in [9.17, 15) is 0 Å². The van der Waals surface area contributed by atoms with Crippen molar-refractivity contribution in [2.24, 2.45) is 5.92 Å². The Labute approximate surface area is 143 Å². The van der Waals surface area contributed by atoms with Gasteiger partial charge >= 0.3 is 0 Å². The van der Waals surface area contributed by atoms with Crippen LogP contribution < -0.4 is 0 Å². The third-order valence-electron chi connectivity index (χ3n) is 4.81. The predicted molar refractivity (Wildman–Crippen MR) is 95.3 cm³/mol. The van der Waals surface area contributed by atoms with Crippen LogP contribution in [0.15, 0.2) is 24.5 Å². The van der Waals surface area contributed by atoms with Crippen molar-refractivity contribution >= 4 is 27.2 Å². The lowest BCUT2D eigenvalue weighted by molar-refractivity contribution is 0.509. The molecule has 0 radical (unpaired) electrons. The topological polar surface area (TPSA) is 56.0 Å². The van der Waals surface area contributed by atoms with Crippen molar-refractivity contribution in [3.8, 4) is 11.4 Å². The second kappa shape index (κ2) is 5.08. The molecule has 0 spiro atoms. The van der Waals surface area contributed by atoms with Gasteiger partial charge in [-0.05, 0) is 49.8 Å². The summed E-state index contributed by atoms with van der Waals surface area (Å²) in [6, 6.07) is 3.90. The average Bonchev–Trinajstić information content (AvgIpc) is 3.16. The lowest BCUT2D eigenvalue weighted by atomic mass is 9.89. The Bertz CT molecular complexity index is 1060. The molecular weight excluding hydrogens is 318 g/mol. The molecule has 0 amide bonds. The minimum absolute atomic E-state index is 0.713. The van der Waals surface area contributed by atoms with Crippen molar-refractivity contribution < 1.29 is 0 Å². The summed E-state index contributed by atoms with van der Waals surface area (Å²) in [5, 5.41) is 5.89. The molecule has 0 saturated heterocycles. The Morgan fingerprint density at radius 1 is 1.29 bits per heavy atom. The molecule has 5 rings (SSSR count). The molecule has 4 heterocycles. The minimum atomic E-state index is 0.713. The van der Waals surface area contributed by atoms with E-state index < -0.39 is 0 Å². The Morgan fingerprint density at radius 3 is 3.04 bits per heavy atom. The Hall–Kier alpha value is -2.34. The van der Waals surface area contributed by atoms with Gasteiger partial charge in [-0.1, -0.05) is 6.92 Å². The Balaban J connectivity index is 1.82. The number of hydrogen-bond donors (Lipinski definition) is 0. The monoisotopic (exact) mass is 335 g/mol. The van der Waals surface area contributed by atoms with Gasteiger partial charge in [0.05, 0.1) is 5.39 Å². The molecule has 0 aromatic carbocycles. The van der Waals surface area contributed by atoms with Crippen molar-refractivity contribution in [2.75, 3.05) is 0 Å². The SMILES string of the molecule is Cc1nc2sc3c(c2c2nc(-c4cccnc4)nn12)CC[C@@H](C)C3. The highest BCUT2D eigenvalue weighted by Crippen LogP contribution is 2.39. The van der Waals surface area contributed by atoms with E-state index in [1.165, 1.54) is 22.2 Å². The quantitative estimate of drug-likeness (QED) is 0.530. The van der Waals surface area contributed by atoms with Gasteiger partial charge in [0, 0.05) is 22.8 Å². The Kier molecular flexibility index (Phi) is 2.97. The normalized spacial score (nSPS) is 17.5. The average molecular weight is 335 g/mol. The van der Waals surface area contributed by atoms with Crippen LogP contribution in [0.25, 0.3) is 27.3 Å². The standard InChI is InChI=1S/C18H17N5S/c1-10-5-6-13-14(8-10)24-18-15(13)17-21-16(12-4-3-7-19-9-12)22-23(17)11(2)20-18/h3-4,7,9-10H,5-6,8H2,1-2H3/t10-/m1/s1. The summed E-state index contributed by atoms with van der Waals surface area (Å²) in [5.41, 5.74) is 3.31. The van der Waals surface area contributed by atoms with Crippen LogP contribution in [-0.2, 0) is 12.8 Å². The van der Waals surface area contributed by atoms with Crippen molar-refractivity contribution in [1.82, 2.24) is 24.6 Å². The van der Waals surface area contributed by atoms with Gasteiger partial charge in [-0.15, -0.1) is 16.4 Å². The zero-order valence-corrected chi connectivity index (χ0v) is 14.5. The summed E-state index contributed by atoms with van der Waals surface area (Å²) >= 11 is 1.83. The molecule has 0 unspecified atom stereocenters. The number of aryl methyl sites for hydroxylation is 2. The van der Waals surface area contributed by atoms with Crippen LogP contribution in [0.5, 0.6) is 0 Å². The minimum Gasteiger partial charge on any atom is -0.264 e. The molecule has 1 aliphatic carbocycles. The van der Waals surface area contributed by atoms with Gasteiger partial charge in [0.1, 0.15) is 10.7 Å². The number of nitrogens with zero attached hydrogens (tertiary/aromatic N) is 5. The third kappa shape index (κ3) is 1.99. The fourth-order valence-corrected chi connectivity index (χ4v) is 4.98. The largest absolute Gasteiger partial charge is 0.264 e. The fourth-order valence-electron chi connectivity index (χ4n) is 3.56. The number of rotatable bonds is 1. The van der Waals surface area contributed by atoms with E-state index in [0.717, 1.165) is 40.6 Å². The van der Waals surface area contributed by atoms with E-state index in [0.29, 0.717) is 5.82 Å². The highest BCUT2D eigenvalue weighted by atomic mass is 32.1. The summed E-state index contributed by atoms with van der Waals surface area (Å²) in [7, 11) is 0. The second-order valence-corrected chi connectivity index (χ2v) is 7.69. The first-order valence-electron chi connectivity index (χ1n) is 8.28. The second-order valence-electron chi connectivity index (χ2n) is 6.60. The first-order chi connectivity index (χ1) is 11.7. The first kappa shape index (κ1) is 14.0. The zero-order chi connectivity index (χ0) is 16.3. The third-order valence-corrected chi connectivity index (χ3v) is 5.96. The molecule has 1 aliphatic rings. The molecule has 4 aromatic rings. The van der Waals surface area contributed by atoms with E-state index >= 15 is 0 Å². The maximum absolute atomic E-state index is 4.85. The van der Waals surface area contributed by atoms with Gasteiger partial charge < -0.3 is 0 Å². The van der Waals surface area contributed by atoms with E-state index in [-0.39, 0.29) is 0 Å². The summed E-state index contributed by atoms with van der Waals surface area (Å²) in [6.07, 6.45) is 7.08. The Morgan fingerprint density at radius 2 is 2.21 bits per heavy atom. The molecule has 0 N–H and O–H groups in total. The van der Waals surface area contributed by atoms with E-state index in [1.54, 1.807) is 12.4 Å². The summed E-state index contributed by atoms with van der Waals surface area (Å²) in [4.78, 5) is 16.4. The van der Waals surface area contributed by atoms with Gasteiger partial charge in [0.2, 0.25) is 0 Å². The molecular formula is C18H17N5S. The summed E-state index contributed by atoms with van der Waals surface area (Å²) in [6.45, 7) is 4.33. The van der Waals surface area contributed by atoms with Crippen molar-refractivity contribution in [1.29, 1.82) is 0 Å². The highest BCUT2D eigenvalue weighted by molar-refractivity contribution is 7.19. The molecule has 0 saturated carbocycles. The molecule has 5 nitrogen and oxygen atoms in total. The molecule has 0 aliphatic heterocycles. The molecule has 0 fully saturated rings. The maximum atomic E-state index is 4.85. The lowest BCUT2D eigenvalue weighted by Crippen LogP contribution is -2.08. The van der Waals surface area contributed by atoms with Crippen LogP contribution in [0.4, 0.5) is 0 Å². The number of thiophene rings is 1. The molecule has 4 aromatic heterocycles. The lowest BCUT2D eigenvalue weighted by Gasteiger charge is -2.17. The van der Waals surface area contributed by atoms with E-state index in [4.69, 9.17) is 9.97 Å². The zero-order valence-electron chi connectivity index (χ0n) is 13.7. The molecule has 1 atom stereocenters. The molecule has 6 heteroatoms. The van der Waals surface area contributed by atoms with E-state index in [2.05, 4.69) is 17.0 Å². The molecule has 0 bridgehead atoms.